The number of carbonyl (C=O) groups excluding carboxylic acids is 1. The number of nitrogens with zero attached hydrogens (tertiary/aromatic N) is 6. The number of aliphatic imine (C=N–C) groups is 1. The van der Waals surface area contributed by atoms with Crippen LogP contribution >= 0.6 is 11.3 Å². The SMILES string of the molecule is CN=C/C(=C\N)c1cc(OCC(=O)N2CCN(C)CC2)c2c(Nc3ccc4ncsc4c3F)ncnc2c1. The van der Waals surface area contributed by atoms with Crippen molar-refractivity contribution in [2.75, 3.05) is 52.2 Å². The number of anilines is 2. The zero-order chi connectivity index (χ0) is 26.6. The van der Waals surface area contributed by atoms with E-state index in [0.717, 1.165) is 13.1 Å². The molecule has 1 fully saturated rings. The second kappa shape index (κ2) is 11.1. The minimum atomic E-state index is -0.423. The van der Waals surface area contributed by atoms with Gasteiger partial charge in [-0.05, 0) is 36.9 Å². The third-order valence-electron chi connectivity index (χ3n) is 6.38. The molecule has 1 aliphatic heterocycles. The molecule has 12 heteroatoms. The highest BCUT2D eigenvalue weighted by Gasteiger charge is 2.21. The molecular formula is C26H27FN8O2S. The van der Waals surface area contributed by atoms with E-state index in [1.165, 1.54) is 23.9 Å². The van der Waals surface area contributed by atoms with Crippen LogP contribution in [0.25, 0.3) is 26.7 Å². The number of hydrogen-bond donors (Lipinski definition) is 2. The van der Waals surface area contributed by atoms with Gasteiger partial charge in [0.2, 0.25) is 0 Å². The smallest absolute Gasteiger partial charge is 0.260 e. The lowest BCUT2D eigenvalue weighted by molar-refractivity contribution is -0.134. The number of likely N-dealkylation sites (N-methyl/N-ethyl adjacent to an activating group) is 1. The van der Waals surface area contributed by atoms with E-state index in [1.807, 2.05) is 13.1 Å². The van der Waals surface area contributed by atoms with Gasteiger partial charge in [0.25, 0.3) is 5.91 Å². The van der Waals surface area contributed by atoms with E-state index >= 15 is 4.39 Å². The van der Waals surface area contributed by atoms with Crippen LogP contribution in [-0.4, -0.2) is 83.8 Å². The number of amides is 1. The van der Waals surface area contributed by atoms with Crippen LogP contribution in [0, 0.1) is 5.82 Å². The van der Waals surface area contributed by atoms with Crippen LogP contribution in [0.4, 0.5) is 15.9 Å². The van der Waals surface area contributed by atoms with Crippen LogP contribution < -0.4 is 15.8 Å². The van der Waals surface area contributed by atoms with Gasteiger partial charge in [0, 0.05) is 51.2 Å². The summed E-state index contributed by atoms with van der Waals surface area (Å²) in [6, 6.07) is 6.94. The first-order valence-corrected chi connectivity index (χ1v) is 12.9. The van der Waals surface area contributed by atoms with Crippen LogP contribution in [0.2, 0.25) is 0 Å². The minimum Gasteiger partial charge on any atom is -0.483 e. The third kappa shape index (κ3) is 5.13. The normalized spacial score (nSPS) is 15.0. The molecule has 38 heavy (non-hydrogen) atoms. The monoisotopic (exact) mass is 534 g/mol. The van der Waals surface area contributed by atoms with Crippen molar-refractivity contribution in [2.45, 2.75) is 0 Å². The van der Waals surface area contributed by atoms with Crippen molar-refractivity contribution in [1.82, 2.24) is 24.8 Å². The lowest BCUT2D eigenvalue weighted by Gasteiger charge is -2.32. The summed E-state index contributed by atoms with van der Waals surface area (Å²) in [5.74, 6) is 0.169. The van der Waals surface area contributed by atoms with Crippen molar-refractivity contribution < 1.29 is 13.9 Å². The van der Waals surface area contributed by atoms with Gasteiger partial charge in [0.1, 0.15) is 17.9 Å². The molecule has 0 spiro atoms. The fourth-order valence-electron chi connectivity index (χ4n) is 4.29. The van der Waals surface area contributed by atoms with Crippen LogP contribution in [0.15, 0.2) is 47.3 Å². The number of fused-ring (bicyclic) bond motifs is 2. The summed E-state index contributed by atoms with van der Waals surface area (Å²) in [4.78, 5) is 33.9. The number of carbonyl (C=O) groups is 1. The van der Waals surface area contributed by atoms with Crippen molar-refractivity contribution in [3.63, 3.8) is 0 Å². The summed E-state index contributed by atoms with van der Waals surface area (Å²) in [5, 5.41) is 3.60. The van der Waals surface area contributed by atoms with Gasteiger partial charge in [-0.25, -0.2) is 19.3 Å². The van der Waals surface area contributed by atoms with Crippen molar-refractivity contribution in [2.24, 2.45) is 10.7 Å². The molecule has 2 aromatic heterocycles. The topological polar surface area (TPSA) is 122 Å². The summed E-state index contributed by atoms with van der Waals surface area (Å²) in [7, 11) is 3.68. The second-order valence-corrected chi connectivity index (χ2v) is 9.68. The number of nitrogens with one attached hydrogen (secondary N) is 1. The van der Waals surface area contributed by atoms with Crippen molar-refractivity contribution in [3.8, 4) is 5.75 Å². The summed E-state index contributed by atoms with van der Waals surface area (Å²) in [6.45, 7) is 2.73. The predicted molar refractivity (Wildman–Crippen MR) is 149 cm³/mol. The standard InChI is InChI=1S/C26H27FN8O2S/c1-29-12-17(11-28)16-9-20-23(21(10-16)37-13-22(36)35-7-5-34(2)6-8-35)26(31-14-30-20)33-18-3-4-19-25(24(18)27)38-15-32-19/h3-4,9-12,14-15H,5-8,13,28H2,1-2H3,(H,30,31,33)/b17-11+,29-12?. The van der Waals surface area contributed by atoms with E-state index in [2.05, 4.69) is 30.2 Å². The zero-order valence-corrected chi connectivity index (χ0v) is 21.8. The van der Waals surface area contributed by atoms with Crippen LogP contribution in [0.3, 0.4) is 0 Å². The molecular weight excluding hydrogens is 507 g/mol. The Morgan fingerprint density at radius 2 is 2.03 bits per heavy atom. The van der Waals surface area contributed by atoms with E-state index in [9.17, 15) is 4.79 Å². The number of allylic oxidation sites excluding steroid dienone is 1. The maximum atomic E-state index is 15.2. The number of ether oxygens (including phenoxy) is 1. The van der Waals surface area contributed by atoms with Crippen molar-refractivity contribution in [3.05, 3.63) is 53.7 Å². The first-order valence-electron chi connectivity index (χ1n) is 12.0. The van der Waals surface area contributed by atoms with E-state index in [-0.39, 0.29) is 18.2 Å². The van der Waals surface area contributed by atoms with Crippen molar-refractivity contribution >= 4 is 61.7 Å². The lowest BCUT2D eigenvalue weighted by Crippen LogP contribution is -2.48. The number of benzene rings is 2. The zero-order valence-electron chi connectivity index (χ0n) is 21.0. The Morgan fingerprint density at radius 3 is 2.79 bits per heavy atom. The highest BCUT2D eigenvalue weighted by atomic mass is 32.1. The van der Waals surface area contributed by atoms with Gasteiger partial charge in [-0.2, -0.15) is 0 Å². The molecule has 10 nitrogen and oxygen atoms in total. The molecule has 0 bridgehead atoms. The summed E-state index contributed by atoms with van der Waals surface area (Å²) in [5.41, 5.74) is 10.2. The highest BCUT2D eigenvalue weighted by Crippen LogP contribution is 2.36. The van der Waals surface area contributed by atoms with Crippen LogP contribution in [0.1, 0.15) is 5.56 Å². The molecule has 0 radical (unpaired) electrons. The van der Waals surface area contributed by atoms with E-state index in [1.54, 1.807) is 41.9 Å². The first-order chi connectivity index (χ1) is 18.5. The number of halogens is 1. The van der Waals surface area contributed by atoms with E-state index in [0.29, 0.717) is 56.9 Å². The maximum absolute atomic E-state index is 15.2. The average molecular weight is 535 g/mol. The van der Waals surface area contributed by atoms with Gasteiger partial charge in [-0.15, -0.1) is 11.3 Å². The van der Waals surface area contributed by atoms with Gasteiger partial charge in [-0.3, -0.25) is 9.79 Å². The lowest BCUT2D eigenvalue weighted by atomic mass is 10.0. The van der Waals surface area contributed by atoms with Crippen LogP contribution in [-0.2, 0) is 4.79 Å². The Kier molecular flexibility index (Phi) is 7.43. The molecule has 0 saturated carbocycles. The highest BCUT2D eigenvalue weighted by molar-refractivity contribution is 7.16. The molecule has 196 valence electrons. The Balaban J connectivity index is 1.54. The summed E-state index contributed by atoms with van der Waals surface area (Å²) >= 11 is 1.22. The Hall–Kier alpha value is -4.16. The summed E-state index contributed by atoms with van der Waals surface area (Å²) < 4.78 is 21.8. The molecule has 1 aliphatic rings. The molecule has 0 atom stereocenters. The second-order valence-electron chi connectivity index (χ2n) is 8.83. The number of hydrogen-bond acceptors (Lipinski definition) is 10. The van der Waals surface area contributed by atoms with Crippen LogP contribution in [0.5, 0.6) is 5.75 Å². The largest absolute Gasteiger partial charge is 0.483 e. The predicted octanol–water partition coefficient (Wildman–Crippen LogP) is 3.28. The number of aromatic nitrogens is 3. The maximum Gasteiger partial charge on any atom is 0.260 e. The minimum absolute atomic E-state index is 0.116. The van der Waals surface area contributed by atoms with Crippen molar-refractivity contribution in [1.29, 1.82) is 0 Å². The molecule has 0 unspecified atom stereocenters. The molecule has 1 saturated heterocycles. The fraction of sp³-hybridized carbons (Fsp3) is 0.269. The number of thiazole rings is 1. The molecule has 3 N–H and O–H groups in total. The Labute approximate surface area is 222 Å². The molecule has 1 amide bonds. The van der Waals surface area contributed by atoms with Gasteiger partial charge in [0.15, 0.2) is 12.4 Å². The Morgan fingerprint density at radius 1 is 1.21 bits per heavy atom. The quantitative estimate of drug-likeness (QED) is 0.347. The molecule has 2 aromatic carbocycles. The number of rotatable bonds is 7. The number of nitrogens with two attached hydrogens (primary N) is 1. The van der Waals surface area contributed by atoms with Gasteiger partial charge >= 0.3 is 0 Å². The average Bonchev–Trinajstić information content (AvgIpc) is 3.42. The molecule has 5 rings (SSSR count). The van der Waals surface area contributed by atoms with E-state index in [4.69, 9.17) is 10.5 Å². The fourth-order valence-corrected chi connectivity index (χ4v) is 5.01. The first kappa shape index (κ1) is 25.5. The summed E-state index contributed by atoms with van der Waals surface area (Å²) in [6.07, 6.45) is 4.45. The number of piperazine rings is 1. The van der Waals surface area contributed by atoms with Gasteiger partial charge in [-0.1, -0.05) is 0 Å². The van der Waals surface area contributed by atoms with Gasteiger partial charge in [0.05, 0.1) is 32.3 Å². The molecule has 3 heterocycles. The third-order valence-corrected chi connectivity index (χ3v) is 7.22. The molecule has 0 aliphatic carbocycles. The Bertz CT molecular complexity index is 1550. The van der Waals surface area contributed by atoms with Gasteiger partial charge < -0.3 is 25.6 Å². The van der Waals surface area contributed by atoms with E-state index < -0.39 is 5.82 Å². The molecule has 4 aromatic rings.